The van der Waals surface area contributed by atoms with Crippen molar-refractivity contribution in [2.45, 2.75) is 19.4 Å². The zero-order chi connectivity index (χ0) is 22.2. The summed E-state index contributed by atoms with van der Waals surface area (Å²) >= 11 is 6.20. The monoisotopic (exact) mass is 455 g/mol. The van der Waals surface area contributed by atoms with Crippen LogP contribution >= 0.6 is 11.6 Å². The molecule has 10 nitrogen and oxygen atoms in total. The van der Waals surface area contributed by atoms with Crippen molar-refractivity contribution in [3.8, 4) is 22.9 Å². The van der Waals surface area contributed by atoms with E-state index in [9.17, 15) is 0 Å². The number of imidazole rings is 1. The van der Waals surface area contributed by atoms with Gasteiger partial charge in [-0.25, -0.2) is 9.67 Å². The summed E-state index contributed by atoms with van der Waals surface area (Å²) in [6, 6.07) is 3.68. The van der Waals surface area contributed by atoms with E-state index in [1.807, 2.05) is 27.6 Å². The van der Waals surface area contributed by atoms with Crippen LogP contribution in [-0.2, 0) is 6.54 Å². The molecule has 1 aliphatic carbocycles. The first-order chi connectivity index (χ1) is 15.6. The number of hydrogen-bond donors (Lipinski definition) is 1. The molecular formula is C21H22ClN7O3. The van der Waals surface area contributed by atoms with E-state index in [-0.39, 0.29) is 5.28 Å². The second-order valence-electron chi connectivity index (χ2n) is 7.52. The minimum Gasteiger partial charge on any atom is -0.493 e. The highest BCUT2D eigenvalue weighted by Crippen LogP contribution is 2.39. The average Bonchev–Trinajstić information content (AvgIpc) is 3.35. The second kappa shape index (κ2) is 8.19. The summed E-state index contributed by atoms with van der Waals surface area (Å²) in [5.41, 5.74) is 1.51. The van der Waals surface area contributed by atoms with Gasteiger partial charge < -0.3 is 24.1 Å². The van der Waals surface area contributed by atoms with Gasteiger partial charge in [-0.2, -0.15) is 15.1 Å². The average molecular weight is 456 g/mol. The number of methoxy groups -OCH3 is 3. The van der Waals surface area contributed by atoms with E-state index in [0.717, 1.165) is 17.6 Å². The maximum Gasteiger partial charge on any atom is 0.226 e. The fourth-order valence-corrected chi connectivity index (χ4v) is 3.73. The lowest BCUT2D eigenvalue weighted by Crippen LogP contribution is -2.04. The number of anilines is 2. The highest BCUT2D eigenvalue weighted by Gasteiger charge is 2.24. The van der Waals surface area contributed by atoms with Gasteiger partial charge in [-0.1, -0.05) is 0 Å². The van der Waals surface area contributed by atoms with Crippen molar-refractivity contribution in [2.24, 2.45) is 5.92 Å². The van der Waals surface area contributed by atoms with Gasteiger partial charge in [0.25, 0.3) is 0 Å². The Morgan fingerprint density at radius 3 is 2.50 bits per heavy atom. The van der Waals surface area contributed by atoms with Crippen LogP contribution in [0.15, 0.2) is 30.9 Å². The van der Waals surface area contributed by atoms with Crippen molar-refractivity contribution in [3.05, 3.63) is 36.1 Å². The molecule has 11 heteroatoms. The van der Waals surface area contributed by atoms with Crippen LogP contribution in [0.4, 0.5) is 11.6 Å². The first-order valence-electron chi connectivity index (χ1n) is 10.1. The molecule has 0 bridgehead atoms. The lowest BCUT2D eigenvalue weighted by Gasteiger charge is -2.14. The van der Waals surface area contributed by atoms with Crippen molar-refractivity contribution >= 4 is 34.3 Å². The van der Waals surface area contributed by atoms with E-state index in [2.05, 4.69) is 25.4 Å². The lowest BCUT2D eigenvalue weighted by atomic mass is 10.2. The SMILES string of the molecule is COc1cc(-n2cnc(Nc3nc(Cl)nc4c3cnn4CC3CC3)c2)cc(OC)c1OC. The zero-order valence-corrected chi connectivity index (χ0v) is 18.6. The minimum atomic E-state index is 0.154. The molecule has 5 rings (SSSR count). The Morgan fingerprint density at radius 1 is 1.09 bits per heavy atom. The number of rotatable bonds is 8. The van der Waals surface area contributed by atoms with Gasteiger partial charge in [0.2, 0.25) is 11.0 Å². The molecule has 1 N–H and O–H groups in total. The molecule has 0 radical (unpaired) electrons. The van der Waals surface area contributed by atoms with Crippen LogP contribution in [0.5, 0.6) is 17.2 Å². The van der Waals surface area contributed by atoms with Crippen molar-refractivity contribution in [1.82, 2.24) is 29.3 Å². The Hall–Kier alpha value is -3.53. The van der Waals surface area contributed by atoms with E-state index in [1.165, 1.54) is 12.8 Å². The molecule has 0 aliphatic heterocycles. The molecule has 32 heavy (non-hydrogen) atoms. The van der Waals surface area contributed by atoms with Crippen LogP contribution in [0, 0.1) is 5.92 Å². The van der Waals surface area contributed by atoms with Crippen molar-refractivity contribution in [2.75, 3.05) is 26.6 Å². The number of hydrogen-bond acceptors (Lipinski definition) is 8. The van der Waals surface area contributed by atoms with Crippen LogP contribution in [0.2, 0.25) is 5.28 Å². The third-order valence-electron chi connectivity index (χ3n) is 5.37. The molecule has 0 spiro atoms. The van der Waals surface area contributed by atoms with E-state index in [4.69, 9.17) is 25.8 Å². The van der Waals surface area contributed by atoms with E-state index in [1.54, 1.807) is 33.9 Å². The summed E-state index contributed by atoms with van der Waals surface area (Å²) in [4.78, 5) is 13.2. The lowest BCUT2D eigenvalue weighted by molar-refractivity contribution is 0.324. The maximum absolute atomic E-state index is 6.20. The highest BCUT2D eigenvalue weighted by atomic mass is 35.5. The number of nitrogens with one attached hydrogen (secondary N) is 1. The number of fused-ring (bicyclic) bond motifs is 1. The Labute approximate surface area is 189 Å². The van der Waals surface area contributed by atoms with Crippen LogP contribution in [0.25, 0.3) is 16.7 Å². The smallest absolute Gasteiger partial charge is 0.226 e. The molecule has 1 saturated carbocycles. The topological polar surface area (TPSA) is 101 Å². The minimum absolute atomic E-state index is 0.154. The molecule has 166 valence electrons. The fourth-order valence-electron chi connectivity index (χ4n) is 3.57. The summed E-state index contributed by atoms with van der Waals surface area (Å²) in [6.45, 7) is 0.839. The van der Waals surface area contributed by atoms with E-state index in [0.29, 0.717) is 40.4 Å². The Morgan fingerprint density at radius 2 is 1.84 bits per heavy atom. The Bertz CT molecular complexity index is 1260. The normalized spacial score (nSPS) is 13.4. The van der Waals surface area contributed by atoms with Gasteiger partial charge >= 0.3 is 0 Å². The summed E-state index contributed by atoms with van der Waals surface area (Å²) in [5.74, 6) is 3.44. The standard InChI is InChI=1S/C21H22ClN7O3/c1-30-15-6-13(7-16(31-2)18(15)32-3)28-10-17(23-11-28)25-19-14-8-24-29(9-12-4-5-12)20(14)27-21(22)26-19/h6-8,10-12H,4-5,9H2,1-3H3,(H,25,26,27). The Balaban J connectivity index is 1.46. The molecular weight excluding hydrogens is 434 g/mol. The summed E-state index contributed by atoms with van der Waals surface area (Å²) in [7, 11) is 4.73. The van der Waals surface area contributed by atoms with Gasteiger partial charge in [-0.05, 0) is 30.4 Å². The van der Waals surface area contributed by atoms with Gasteiger partial charge in [-0.3, -0.25) is 0 Å². The van der Waals surface area contributed by atoms with Gasteiger partial charge in [0.15, 0.2) is 17.1 Å². The maximum atomic E-state index is 6.20. The van der Waals surface area contributed by atoms with Crippen molar-refractivity contribution < 1.29 is 14.2 Å². The summed E-state index contributed by atoms with van der Waals surface area (Å²) in [6.07, 6.45) is 7.72. The molecule has 3 heterocycles. The van der Waals surface area contributed by atoms with Gasteiger partial charge in [0, 0.05) is 18.7 Å². The Kier molecular flexibility index (Phi) is 5.22. The number of halogens is 1. The summed E-state index contributed by atoms with van der Waals surface area (Å²) in [5, 5.41) is 8.65. The molecule has 1 aliphatic rings. The number of ether oxygens (including phenoxy) is 3. The van der Waals surface area contributed by atoms with Gasteiger partial charge in [0.1, 0.15) is 18.0 Å². The molecule has 3 aromatic heterocycles. The van der Waals surface area contributed by atoms with Crippen LogP contribution in [0.3, 0.4) is 0 Å². The third kappa shape index (κ3) is 3.77. The van der Waals surface area contributed by atoms with Crippen LogP contribution in [-0.4, -0.2) is 50.6 Å². The van der Waals surface area contributed by atoms with E-state index < -0.39 is 0 Å². The molecule has 0 unspecified atom stereocenters. The first kappa shape index (κ1) is 20.4. The predicted molar refractivity (Wildman–Crippen MR) is 120 cm³/mol. The number of benzene rings is 1. The van der Waals surface area contributed by atoms with E-state index >= 15 is 0 Å². The largest absolute Gasteiger partial charge is 0.493 e. The number of nitrogens with zero attached hydrogens (tertiary/aromatic N) is 6. The zero-order valence-electron chi connectivity index (χ0n) is 17.9. The molecule has 1 aromatic carbocycles. The summed E-state index contributed by atoms with van der Waals surface area (Å²) < 4.78 is 20.0. The molecule has 0 saturated heterocycles. The molecule has 1 fully saturated rings. The molecule has 0 amide bonds. The van der Waals surface area contributed by atoms with Gasteiger partial charge in [0.05, 0.1) is 44.8 Å². The van der Waals surface area contributed by atoms with Crippen molar-refractivity contribution in [3.63, 3.8) is 0 Å². The van der Waals surface area contributed by atoms with Crippen LogP contribution in [0.1, 0.15) is 12.8 Å². The number of aromatic nitrogens is 6. The van der Waals surface area contributed by atoms with Crippen molar-refractivity contribution in [1.29, 1.82) is 0 Å². The van der Waals surface area contributed by atoms with Gasteiger partial charge in [-0.15, -0.1) is 0 Å². The molecule has 4 aromatic rings. The third-order valence-corrected chi connectivity index (χ3v) is 5.54. The molecule has 0 atom stereocenters. The fraction of sp³-hybridized carbons (Fsp3) is 0.333. The highest BCUT2D eigenvalue weighted by molar-refractivity contribution is 6.28. The quantitative estimate of drug-likeness (QED) is 0.400. The predicted octanol–water partition coefficient (Wildman–Crippen LogP) is 3.84. The first-order valence-corrected chi connectivity index (χ1v) is 10.5. The second-order valence-corrected chi connectivity index (χ2v) is 7.86. The van der Waals surface area contributed by atoms with Crippen LogP contribution < -0.4 is 19.5 Å².